The first-order chi connectivity index (χ1) is 13.3. The summed E-state index contributed by atoms with van der Waals surface area (Å²) in [7, 11) is 0. The van der Waals surface area contributed by atoms with Crippen LogP contribution < -0.4 is 11.1 Å². The Bertz CT molecular complexity index is 832. The summed E-state index contributed by atoms with van der Waals surface area (Å²) in [6, 6.07) is 13.2. The molecule has 0 unspecified atom stereocenters. The fraction of sp³-hybridized carbons (Fsp3) is 0.381. The fourth-order valence-electron chi connectivity index (χ4n) is 3.39. The van der Waals surface area contributed by atoms with E-state index in [1.807, 2.05) is 31.2 Å². The van der Waals surface area contributed by atoms with E-state index >= 15 is 0 Å². The summed E-state index contributed by atoms with van der Waals surface area (Å²) in [6.45, 7) is 3.25. The van der Waals surface area contributed by atoms with Crippen molar-refractivity contribution in [3.05, 3.63) is 65.2 Å². The molecule has 0 radical (unpaired) electrons. The van der Waals surface area contributed by atoms with E-state index in [0.29, 0.717) is 38.2 Å². The molecule has 1 heterocycles. The van der Waals surface area contributed by atoms with Crippen LogP contribution in [0.1, 0.15) is 29.5 Å². The molecule has 2 aromatic carbocycles. The number of nitrogens with one attached hydrogen (secondary N) is 1. The minimum atomic E-state index is -4.38. The maximum atomic E-state index is 13.2. The first-order valence-electron chi connectivity index (χ1n) is 9.18. The van der Waals surface area contributed by atoms with Crippen LogP contribution in [-0.4, -0.2) is 25.7 Å². The largest absolute Gasteiger partial charge is 0.416 e. The summed E-state index contributed by atoms with van der Waals surface area (Å²) in [4.78, 5) is 4.45. The van der Waals surface area contributed by atoms with Gasteiger partial charge in [-0.1, -0.05) is 35.9 Å². The van der Waals surface area contributed by atoms with Gasteiger partial charge in [-0.25, -0.2) is 0 Å². The number of ether oxygens (including phenoxy) is 1. The lowest BCUT2D eigenvalue weighted by Gasteiger charge is -2.37. The maximum absolute atomic E-state index is 13.2. The van der Waals surface area contributed by atoms with Crippen molar-refractivity contribution in [2.24, 2.45) is 10.7 Å². The first-order valence-corrected chi connectivity index (χ1v) is 9.18. The Labute approximate surface area is 185 Å². The number of halogens is 4. The zero-order valence-corrected chi connectivity index (χ0v) is 18.5. The molecule has 2 aromatic rings. The van der Waals surface area contributed by atoms with E-state index in [2.05, 4.69) is 10.3 Å². The molecule has 1 fully saturated rings. The highest BCUT2D eigenvalue weighted by Gasteiger charge is 2.37. The molecule has 0 saturated carbocycles. The second kappa shape index (κ2) is 9.80. The molecule has 1 aliphatic heterocycles. The smallest absolute Gasteiger partial charge is 0.381 e. The number of nitrogens with two attached hydrogens (primary N) is 1. The molecule has 3 rings (SSSR count). The Hall–Kier alpha value is -1.81. The van der Waals surface area contributed by atoms with Gasteiger partial charge in [0.15, 0.2) is 5.96 Å². The van der Waals surface area contributed by atoms with Crippen LogP contribution in [0.3, 0.4) is 0 Å². The average molecular weight is 519 g/mol. The van der Waals surface area contributed by atoms with Crippen molar-refractivity contribution in [1.29, 1.82) is 0 Å². The summed E-state index contributed by atoms with van der Waals surface area (Å²) >= 11 is 0. The van der Waals surface area contributed by atoms with Gasteiger partial charge in [-0.05, 0) is 43.5 Å². The lowest BCUT2D eigenvalue weighted by atomic mass is 9.74. The number of benzene rings is 2. The predicted octanol–water partition coefficient (Wildman–Crippen LogP) is 5.11. The number of nitrogens with zero attached hydrogens (tertiary/aromatic N) is 1. The van der Waals surface area contributed by atoms with Gasteiger partial charge in [0.2, 0.25) is 0 Å². The Balaban J connectivity index is 0.00000300. The first kappa shape index (κ1) is 23.5. The van der Waals surface area contributed by atoms with Crippen LogP contribution >= 0.6 is 24.0 Å². The van der Waals surface area contributed by atoms with Gasteiger partial charge in [0, 0.05) is 24.3 Å². The third kappa shape index (κ3) is 6.08. The van der Waals surface area contributed by atoms with Crippen LogP contribution in [0.15, 0.2) is 53.5 Å². The van der Waals surface area contributed by atoms with Crippen LogP contribution in [0, 0.1) is 6.92 Å². The lowest BCUT2D eigenvalue weighted by molar-refractivity contribution is -0.137. The zero-order valence-electron chi connectivity index (χ0n) is 16.1. The molecule has 0 aromatic heterocycles. The summed E-state index contributed by atoms with van der Waals surface area (Å²) in [6.07, 6.45) is -3.19. The second-order valence-corrected chi connectivity index (χ2v) is 7.16. The summed E-state index contributed by atoms with van der Waals surface area (Å²) < 4.78 is 44.9. The number of aryl methyl sites for hydroxylation is 1. The van der Waals surface area contributed by atoms with E-state index in [1.54, 1.807) is 6.07 Å². The minimum Gasteiger partial charge on any atom is -0.381 e. The standard InChI is InChI=1S/C21H24F3N3O.HI/c1-15-5-7-18(8-6-15)27-19(25)26-14-20(9-11-28-12-10-20)16-3-2-4-17(13-16)21(22,23)24;/h2-8,13H,9-12,14H2,1H3,(H3,25,26,27);1H. The summed E-state index contributed by atoms with van der Waals surface area (Å²) in [5.41, 5.74) is 7.41. The quantitative estimate of drug-likeness (QED) is 0.336. The van der Waals surface area contributed by atoms with Crippen molar-refractivity contribution >= 4 is 35.6 Å². The van der Waals surface area contributed by atoms with Crippen molar-refractivity contribution in [3.8, 4) is 0 Å². The molecule has 3 N–H and O–H groups in total. The molecule has 8 heteroatoms. The molecule has 0 atom stereocenters. The molecule has 1 saturated heterocycles. The fourth-order valence-corrected chi connectivity index (χ4v) is 3.39. The minimum absolute atomic E-state index is 0. The van der Waals surface area contributed by atoms with E-state index in [-0.39, 0.29) is 29.9 Å². The number of hydrogen-bond donors (Lipinski definition) is 2. The van der Waals surface area contributed by atoms with Crippen molar-refractivity contribution < 1.29 is 17.9 Å². The highest BCUT2D eigenvalue weighted by molar-refractivity contribution is 14.0. The van der Waals surface area contributed by atoms with E-state index in [4.69, 9.17) is 10.5 Å². The summed E-state index contributed by atoms with van der Waals surface area (Å²) in [5, 5.41) is 3.03. The molecule has 158 valence electrons. The molecule has 29 heavy (non-hydrogen) atoms. The Morgan fingerprint density at radius 1 is 1.14 bits per heavy atom. The van der Waals surface area contributed by atoms with E-state index < -0.39 is 17.2 Å². The van der Waals surface area contributed by atoms with Gasteiger partial charge in [0.1, 0.15) is 0 Å². The molecule has 0 amide bonds. The monoisotopic (exact) mass is 519 g/mol. The highest BCUT2D eigenvalue weighted by Crippen LogP contribution is 2.38. The van der Waals surface area contributed by atoms with Gasteiger partial charge >= 0.3 is 6.18 Å². The Morgan fingerprint density at radius 3 is 2.41 bits per heavy atom. The van der Waals surface area contributed by atoms with Gasteiger partial charge in [0.25, 0.3) is 0 Å². The third-order valence-corrected chi connectivity index (χ3v) is 5.13. The van der Waals surface area contributed by atoms with Crippen LogP contribution in [0.5, 0.6) is 0 Å². The Morgan fingerprint density at radius 2 is 1.79 bits per heavy atom. The van der Waals surface area contributed by atoms with Crippen LogP contribution in [0.2, 0.25) is 0 Å². The molecular weight excluding hydrogens is 494 g/mol. The molecule has 0 bridgehead atoms. The van der Waals surface area contributed by atoms with Crippen molar-refractivity contribution in [2.75, 3.05) is 25.1 Å². The lowest BCUT2D eigenvalue weighted by Crippen LogP contribution is -2.38. The van der Waals surface area contributed by atoms with Crippen LogP contribution in [0.4, 0.5) is 18.9 Å². The topological polar surface area (TPSA) is 59.6 Å². The maximum Gasteiger partial charge on any atom is 0.416 e. The number of rotatable bonds is 4. The average Bonchev–Trinajstić information content (AvgIpc) is 2.68. The van der Waals surface area contributed by atoms with Crippen LogP contribution in [-0.2, 0) is 16.3 Å². The van der Waals surface area contributed by atoms with Gasteiger partial charge in [0.05, 0.1) is 12.1 Å². The van der Waals surface area contributed by atoms with Crippen molar-refractivity contribution in [1.82, 2.24) is 0 Å². The Kier molecular flexibility index (Phi) is 7.93. The molecule has 0 spiro atoms. The predicted molar refractivity (Wildman–Crippen MR) is 120 cm³/mol. The van der Waals surface area contributed by atoms with Crippen molar-refractivity contribution in [3.63, 3.8) is 0 Å². The van der Waals surface area contributed by atoms with E-state index in [1.165, 1.54) is 12.1 Å². The van der Waals surface area contributed by atoms with Gasteiger partial charge in [-0.2, -0.15) is 13.2 Å². The van der Waals surface area contributed by atoms with Gasteiger partial charge < -0.3 is 15.8 Å². The van der Waals surface area contributed by atoms with E-state index in [0.717, 1.165) is 17.3 Å². The molecular formula is C21H25F3IN3O. The molecule has 1 aliphatic rings. The molecule has 0 aliphatic carbocycles. The van der Waals surface area contributed by atoms with Gasteiger partial charge in [-0.15, -0.1) is 24.0 Å². The third-order valence-electron chi connectivity index (χ3n) is 5.13. The van der Waals surface area contributed by atoms with Crippen molar-refractivity contribution in [2.45, 2.75) is 31.4 Å². The second-order valence-electron chi connectivity index (χ2n) is 7.16. The summed E-state index contributed by atoms with van der Waals surface area (Å²) in [5.74, 6) is 0.238. The number of hydrogen-bond acceptors (Lipinski definition) is 2. The van der Waals surface area contributed by atoms with Gasteiger partial charge in [-0.3, -0.25) is 4.99 Å². The SMILES string of the molecule is Cc1ccc(NC(N)=NCC2(c3cccc(C(F)(F)F)c3)CCOCC2)cc1.I. The number of aliphatic imine (C=N–C) groups is 1. The van der Waals surface area contributed by atoms with Crippen LogP contribution in [0.25, 0.3) is 0 Å². The number of guanidine groups is 1. The molecule has 4 nitrogen and oxygen atoms in total. The zero-order chi connectivity index (χ0) is 20.2. The normalized spacial score (nSPS) is 16.8. The van der Waals surface area contributed by atoms with E-state index in [9.17, 15) is 13.2 Å². The highest BCUT2D eigenvalue weighted by atomic mass is 127. The number of anilines is 1. The number of alkyl halides is 3.